The third-order valence-corrected chi connectivity index (χ3v) is 5.85. The summed E-state index contributed by atoms with van der Waals surface area (Å²) in [6.45, 7) is 2.17. The van der Waals surface area contributed by atoms with Gasteiger partial charge in [0.2, 0.25) is 10.0 Å². The van der Waals surface area contributed by atoms with Gasteiger partial charge in [0.15, 0.2) is 0 Å². The number of sulfonamides is 1. The Morgan fingerprint density at radius 2 is 1.88 bits per heavy atom. The van der Waals surface area contributed by atoms with Crippen LogP contribution < -0.4 is 14.8 Å². The van der Waals surface area contributed by atoms with Crippen molar-refractivity contribution in [1.82, 2.24) is 10.0 Å². The van der Waals surface area contributed by atoms with E-state index in [0.717, 1.165) is 25.7 Å². The number of ether oxygens (including phenoxy) is 1. The molecule has 1 fully saturated rings. The molecule has 0 saturated heterocycles. The highest BCUT2D eigenvalue weighted by molar-refractivity contribution is 7.89. The van der Waals surface area contributed by atoms with Crippen LogP contribution in [0, 0.1) is 5.92 Å². The van der Waals surface area contributed by atoms with Crippen LogP contribution in [0.15, 0.2) is 24.3 Å². The summed E-state index contributed by atoms with van der Waals surface area (Å²) in [6.07, 6.45) is 4.17. The van der Waals surface area contributed by atoms with Crippen molar-refractivity contribution in [2.45, 2.75) is 38.6 Å². The summed E-state index contributed by atoms with van der Waals surface area (Å²) in [4.78, 5) is 12.0. The fourth-order valence-corrected chi connectivity index (χ4v) is 4.22. The van der Waals surface area contributed by atoms with Gasteiger partial charge in [-0.25, -0.2) is 13.1 Å². The number of hydrogen-bond acceptors (Lipinski definition) is 4. The number of rotatable bonds is 7. The molecule has 1 aromatic rings. The number of carbonyl (C=O) groups excluding carboxylic acids is 1. The minimum Gasteiger partial charge on any atom is -0.497 e. The van der Waals surface area contributed by atoms with E-state index in [1.54, 1.807) is 31.4 Å². The molecule has 1 aliphatic carbocycles. The molecule has 0 radical (unpaired) electrons. The SMILES string of the molecule is COc1ccc(C(=O)NCCS(=O)(=O)N[C@@H]2CCCC[C@@H]2C)cc1. The summed E-state index contributed by atoms with van der Waals surface area (Å²) >= 11 is 0. The van der Waals surface area contributed by atoms with Crippen molar-refractivity contribution in [2.24, 2.45) is 5.92 Å². The van der Waals surface area contributed by atoms with Gasteiger partial charge in [-0.2, -0.15) is 0 Å². The highest BCUT2D eigenvalue weighted by Crippen LogP contribution is 2.24. The van der Waals surface area contributed by atoms with Crippen molar-refractivity contribution in [1.29, 1.82) is 0 Å². The number of amides is 1. The van der Waals surface area contributed by atoms with E-state index >= 15 is 0 Å². The Kier molecular flexibility index (Phi) is 6.62. The van der Waals surface area contributed by atoms with Crippen molar-refractivity contribution >= 4 is 15.9 Å². The van der Waals surface area contributed by atoms with Crippen molar-refractivity contribution in [3.63, 3.8) is 0 Å². The lowest BCUT2D eigenvalue weighted by atomic mass is 9.87. The predicted molar refractivity (Wildman–Crippen MR) is 93.7 cm³/mol. The Balaban J connectivity index is 1.80. The summed E-state index contributed by atoms with van der Waals surface area (Å²) in [6, 6.07) is 6.69. The lowest BCUT2D eigenvalue weighted by Gasteiger charge is -2.29. The lowest BCUT2D eigenvalue weighted by molar-refractivity contribution is 0.0956. The third kappa shape index (κ3) is 5.49. The van der Waals surface area contributed by atoms with Gasteiger partial charge in [-0.05, 0) is 43.0 Å². The van der Waals surface area contributed by atoms with Crippen LogP contribution in [0.2, 0.25) is 0 Å². The molecule has 6 nitrogen and oxygen atoms in total. The molecule has 2 rings (SSSR count). The van der Waals surface area contributed by atoms with Gasteiger partial charge in [0.25, 0.3) is 5.91 Å². The largest absolute Gasteiger partial charge is 0.497 e. The van der Waals surface area contributed by atoms with E-state index in [1.165, 1.54) is 0 Å². The molecule has 0 aromatic heterocycles. The molecular weight excluding hydrogens is 328 g/mol. The monoisotopic (exact) mass is 354 g/mol. The van der Waals surface area contributed by atoms with Crippen LogP contribution in [0.5, 0.6) is 5.75 Å². The van der Waals surface area contributed by atoms with Crippen molar-refractivity contribution < 1.29 is 17.9 Å². The number of carbonyl (C=O) groups is 1. The second-order valence-corrected chi connectivity index (χ2v) is 8.16. The first-order chi connectivity index (χ1) is 11.4. The highest BCUT2D eigenvalue weighted by atomic mass is 32.2. The zero-order valence-electron chi connectivity index (χ0n) is 14.2. The normalized spacial score (nSPS) is 21.2. The quantitative estimate of drug-likeness (QED) is 0.783. The van der Waals surface area contributed by atoms with Crippen LogP contribution >= 0.6 is 0 Å². The molecule has 7 heteroatoms. The Labute approximate surface area is 144 Å². The van der Waals surface area contributed by atoms with Crippen LogP contribution in [-0.4, -0.2) is 39.8 Å². The zero-order chi connectivity index (χ0) is 17.6. The van der Waals surface area contributed by atoms with Gasteiger partial charge >= 0.3 is 0 Å². The molecule has 134 valence electrons. The standard InChI is InChI=1S/C17H26N2O4S/c1-13-5-3-4-6-16(13)19-24(21,22)12-11-18-17(20)14-7-9-15(23-2)10-8-14/h7-10,13,16,19H,3-6,11-12H2,1-2H3,(H,18,20)/t13-,16+/m0/s1. The lowest BCUT2D eigenvalue weighted by Crippen LogP contribution is -2.43. The third-order valence-electron chi connectivity index (χ3n) is 4.45. The number of methoxy groups -OCH3 is 1. The minimum atomic E-state index is -3.39. The zero-order valence-corrected chi connectivity index (χ0v) is 15.1. The van der Waals surface area contributed by atoms with E-state index < -0.39 is 10.0 Å². The second kappa shape index (κ2) is 8.48. The summed E-state index contributed by atoms with van der Waals surface area (Å²) < 4.78 is 32.1. The van der Waals surface area contributed by atoms with Crippen molar-refractivity contribution in [3.05, 3.63) is 29.8 Å². The van der Waals surface area contributed by atoms with Gasteiger partial charge in [-0.1, -0.05) is 19.8 Å². The van der Waals surface area contributed by atoms with Gasteiger partial charge in [0.1, 0.15) is 5.75 Å². The first-order valence-electron chi connectivity index (χ1n) is 8.33. The highest BCUT2D eigenvalue weighted by Gasteiger charge is 2.25. The molecule has 0 unspecified atom stereocenters. The summed E-state index contributed by atoms with van der Waals surface area (Å²) in [7, 11) is -1.83. The van der Waals surface area contributed by atoms with Crippen molar-refractivity contribution in [2.75, 3.05) is 19.4 Å². The van der Waals surface area contributed by atoms with E-state index in [2.05, 4.69) is 17.0 Å². The van der Waals surface area contributed by atoms with Crippen molar-refractivity contribution in [3.8, 4) is 5.75 Å². The molecule has 1 saturated carbocycles. The van der Waals surface area contributed by atoms with Gasteiger partial charge in [0, 0.05) is 18.2 Å². The first-order valence-corrected chi connectivity index (χ1v) is 9.99. The Bertz CT molecular complexity index is 643. The minimum absolute atomic E-state index is 0.0149. The predicted octanol–water partition coefficient (Wildman–Crippen LogP) is 1.92. The summed E-state index contributed by atoms with van der Waals surface area (Å²) in [5, 5.41) is 2.64. The summed E-state index contributed by atoms with van der Waals surface area (Å²) in [5.41, 5.74) is 0.474. The maximum absolute atomic E-state index is 12.2. The molecule has 24 heavy (non-hydrogen) atoms. The summed E-state index contributed by atoms with van der Waals surface area (Å²) in [5.74, 6) is 0.624. The molecule has 0 aliphatic heterocycles. The van der Waals surface area contributed by atoms with Gasteiger partial charge < -0.3 is 10.1 Å². The maximum atomic E-state index is 12.2. The molecule has 1 aromatic carbocycles. The van der Waals surface area contributed by atoms with E-state index in [1.807, 2.05) is 0 Å². The number of nitrogens with one attached hydrogen (secondary N) is 2. The fourth-order valence-electron chi connectivity index (χ4n) is 2.92. The van der Waals surface area contributed by atoms with Crippen LogP contribution in [0.4, 0.5) is 0 Å². The maximum Gasteiger partial charge on any atom is 0.251 e. The molecule has 2 N–H and O–H groups in total. The van der Waals surface area contributed by atoms with Crippen LogP contribution in [0.1, 0.15) is 43.0 Å². The number of benzene rings is 1. The molecule has 1 aliphatic rings. The second-order valence-electron chi connectivity index (χ2n) is 6.29. The fraction of sp³-hybridized carbons (Fsp3) is 0.588. The van der Waals surface area contributed by atoms with E-state index in [9.17, 15) is 13.2 Å². The number of hydrogen-bond donors (Lipinski definition) is 2. The van der Waals surface area contributed by atoms with Crippen LogP contribution in [0.25, 0.3) is 0 Å². The van der Waals surface area contributed by atoms with Crippen LogP contribution in [0.3, 0.4) is 0 Å². The van der Waals surface area contributed by atoms with Gasteiger partial charge in [-0.3, -0.25) is 4.79 Å². The molecule has 0 bridgehead atoms. The smallest absolute Gasteiger partial charge is 0.251 e. The van der Waals surface area contributed by atoms with Crippen LogP contribution in [-0.2, 0) is 10.0 Å². The molecule has 0 heterocycles. The Hall–Kier alpha value is -1.60. The molecule has 2 atom stereocenters. The average Bonchev–Trinajstić information content (AvgIpc) is 2.56. The van der Waals surface area contributed by atoms with E-state index in [0.29, 0.717) is 17.2 Å². The molecule has 0 spiro atoms. The molecule has 1 amide bonds. The topological polar surface area (TPSA) is 84.5 Å². The molecular formula is C17H26N2O4S. The average molecular weight is 354 g/mol. The Morgan fingerprint density at radius 1 is 1.21 bits per heavy atom. The van der Waals surface area contributed by atoms with E-state index in [4.69, 9.17) is 4.74 Å². The van der Waals surface area contributed by atoms with E-state index in [-0.39, 0.29) is 24.2 Å². The van der Waals surface area contributed by atoms with Gasteiger partial charge in [-0.15, -0.1) is 0 Å². The first kappa shape index (κ1) is 18.7. The van der Waals surface area contributed by atoms with Gasteiger partial charge in [0.05, 0.1) is 12.9 Å². The Morgan fingerprint density at radius 3 is 2.50 bits per heavy atom.